The van der Waals surface area contributed by atoms with Gasteiger partial charge in [-0.3, -0.25) is 10.1 Å². The van der Waals surface area contributed by atoms with E-state index in [0.29, 0.717) is 0 Å². The molecule has 4 nitrogen and oxygen atoms in total. The quantitative estimate of drug-likeness (QED) is 0.563. The molecule has 1 aromatic heterocycles. The van der Waals surface area contributed by atoms with Crippen molar-refractivity contribution in [2.45, 2.75) is 38.5 Å². The van der Waals surface area contributed by atoms with E-state index in [9.17, 15) is 10.1 Å². The maximum Gasteiger partial charge on any atom is 0.270 e. The Hall–Kier alpha value is -1.84. The van der Waals surface area contributed by atoms with Crippen molar-refractivity contribution in [3.63, 3.8) is 0 Å². The lowest BCUT2D eigenvalue weighted by Gasteiger charge is -2.07. The van der Waals surface area contributed by atoms with Crippen LogP contribution in [0.15, 0.2) is 22.6 Å². The Balaban J connectivity index is 2.15. The summed E-state index contributed by atoms with van der Waals surface area (Å²) in [5.74, 6) is 1.03. The van der Waals surface area contributed by atoms with Crippen LogP contribution in [-0.4, -0.2) is 4.92 Å². The molecule has 0 unspecified atom stereocenters. The van der Waals surface area contributed by atoms with Crippen LogP contribution in [0.5, 0.6) is 0 Å². The first-order valence-corrected chi connectivity index (χ1v) is 6.44. The van der Waals surface area contributed by atoms with Gasteiger partial charge in [-0.25, -0.2) is 0 Å². The highest BCUT2D eigenvalue weighted by Crippen LogP contribution is 2.32. The summed E-state index contributed by atoms with van der Waals surface area (Å²) in [7, 11) is 0. The minimum Gasteiger partial charge on any atom is -0.461 e. The normalized spacial score (nSPS) is 16.0. The van der Waals surface area contributed by atoms with E-state index in [0.717, 1.165) is 42.4 Å². The lowest BCUT2D eigenvalue weighted by Crippen LogP contribution is -1.96. The predicted molar refractivity (Wildman–Crippen MR) is 68.7 cm³/mol. The number of aryl methyl sites for hydroxylation is 2. The molecule has 94 valence electrons. The fourth-order valence-electron chi connectivity index (χ4n) is 2.72. The third-order valence-corrected chi connectivity index (χ3v) is 3.65. The molecule has 0 atom stereocenters. The summed E-state index contributed by atoms with van der Waals surface area (Å²) >= 11 is 0. The van der Waals surface area contributed by atoms with Crippen molar-refractivity contribution < 1.29 is 9.34 Å². The van der Waals surface area contributed by atoms with Crippen molar-refractivity contribution in [2.75, 3.05) is 0 Å². The van der Waals surface area contributed by atoms with Crippen molar-refractivity contribution in [3.05, 3.63) is 39.6 Å². The van der Waals surface area contributed by atoms with E-state index in [2.05, 4.69) is 0 Å². The third-order valence-electron chi connectivity index (χ3n) is 3.65. The monoisotopic (exact) mass is 245 g/mol. The molecule has 0 radical (unpaired) electrons. The number of nitro groups is 1. The Kier molecular flexibility index (Phi) is 2.78. The number of rotatable bonds is 1. The highest BCUT2D eigenvalue weighted by molar-refractivity contribution is 5.84. The average Bonchev–Trinajstić information content (AvgIpc) is 2.65. The van der Waals surface area contributed by atoms with Gasteiger partial charge >= 0.3 is 0 Å². The number of furan rings is 1. The second-order valence-corrected chi connectivity index (χ2v) is 4.86. The first-order chi connectivity index (χ1) is 8.75. The maximum atomic E-state index is 10.8. The number of hydrogen-bond donors (Lipinski definition) is 0. The molecule has 0 saturated heterocycles. The molecule has 0 spiro atoms. The summed E-state index contributed by atoms with van der Waals surface area (Å²) in [4.78, 5) is 10.5. The first kappa shape index (κ1) is 11.3. The second kappa shape index (κ2) is 4.44. The molecule has 0 amide bonds. The van der Waals surface area contributed by atoms with Crippen LogP contribution in [0.2, 0.25) is 0 Å². The van der Waals surface area contributed by atoms with Crippen LogP contribution in [0, 0.1) is 10.1 Å². The zero-order chi connectivity index (χ0) is 12.5. The Bertz CT molecular complexity index is 600. The average molecular weight is 245 g/mol. The SMILES string of the molecule is O=[N+]([O-])c1ccc2oc3c(c2c1)CCCCCC3. The highest BCUT2D eigenvalue weighted by Gasteiger charge is 2.18. The fourth-order valence-corrected chi connectivity index (χ4v) is 2.72. The van der Waals surface area contributed by atoms with Gasteiger partial charge in [0.05, 0.1) is 4.92 Å². The molecule has 1 heterocycles. The van der Waals surface area contributed by atoms with Gasteiger partial charge in [-0.1, -0.05) is 12.8 Å². The fraction of sp³-hybridized carbons (Fsp3) is 0.429. The number of non-ortho nitro benzene ring substituents is 1. The van der Waals surface area contributed by atoms with Crippen molar-refractivity contribution in [1.29, 1.82) is 0 Å². The van der Waals surface area contributed by atoms with E-state index in [1.165, 1.54) is 24.5 Å². The molecule has 1 aliphatic rings. The number of nitro benzene ring substituents is 1. The molecule has 0 bridgehead atoms. The molecule has 0 N–H and O–H groups in total. The molecule has 0 fully saturated rings. The van der Waals surface area contributed by atoms with Crippen molar-refractivity contribution in [1.82, 2.24) is 0 Å². The summed E-state index contributed by atoms with van der Waals surface area (Å²) in [5, 5.41) is 11.8. The third kappa shape index (κ3) is 1.88. The van der Waals surface area contributed by atoms with Crippen LogP contribution in [-0.2, 0) is 12.8 Å². The summed E-state index contributed by atoms with van der Waals surface area (Å²) in [6, 6.07) is 4.89. The zero-order valence-corrected chi connectivity index (χ0v) is 10.1. The van der Waals surface area contributed by atoms with Gasteiger partial charge in [-0.2, -0.15) is 0 Å². The summed E-state index contributed by atoms with van der Waals surface area (Å²) in [6.45, 7) is 0. The Morgan fingerprint density at radius 2 is 1.89 bits per heavy atom. The smallest absolute Gasteiger partial charge is 0.270 e. The summed E-state index contributed by atoms with van der Waals surface area (Å²) in [5.41, 5.74) is 2.12. The van der Waals surface area contributed by atoms with Crippen LogP contribution < -0.4 is 0 Å². The topological polar surface area (TPSA) is 56.3 Å². The first-order valence-electron chi connectivity index (χ1n) is 6.44. The number of benzene rings is 1. The van der Waals surface area contributed by atoms with Gasteiger partial charge < -0.3 is 4.42 Å². The number of fused-ring (bicyclic) bond motifs is 3. The Morgan fingerprint density at radius 1 is 1.11 bits per heavy atom. The van der Waals surface area contributed by atoms with Gasteiger partial charge in [0.25, 0.3) is 5.69 Å². The Morgan fingerprint density at radius 3 is 2.67 bits per heavy atom. The zero-order valence-electron chi connectivity index (χ0n) is 10.1. The molecular formula is C14H15NO3. The van der Waals surface area contributed by atoms with E-state index < -0.39 is 0 Å². The van der Waals surface area contributed by atoms with Gasteiger partial charge in [-0.15, -0.1) is 0 Å². The van der Waals surface area contributed by atoms with Crippen molar-refractivity contribution >= 4 is 16.7 Å². The maximum absolute atomic E-state index is 10.8. The minimum absolute atomic E-state index is 0.146. The minimum atomic E-state index is -0.345. The van der Waals surface area contributed by atoms with E-state index in [1.807, 2.05) is 0 Å². The molecule has 1 aliphatic carbocycles. The van der Waals surface area contributed by atoms with Crippen LogP contribution in [0.4, 0.5) is 5.69 Å². The lowest BCUT2D eigenvalue weighted by atomic mass is 9.97. The van der Waals surface area contributed by atoms with Crippen LogP contribution in [0.1, 0.15) is 37.0 Å². The lowest BCUT2D eigenvalue weighted by molar-refractivity contribution is -0.384. The van der Waals surface area contributed by atoms with Gasteiger partial charge in [0.2, 0.25) is 0 Å². The summed E-state index contributed by atoms with van der Waals surface area (Å²) in [6.07, 6.45) is 6.71. The predicted octanol–water partition coefficient (Wildman–Crippen LogP) is 4.00. The van der Waals surface area contributed by atoms with Crippen LogP contribution >= 0.6 is 0 Å². The van der Waals surface area contributed by atoms with E-state index in [4.69, 9.17) is 4.42 Å². The van der Waals surface area contributed by atoms with Crippen LogP contribution in [0.25, 0.3) is 11.0 Å². The standard InChI is InChI=1S/C14H15NO3/c16-15(17)10-7-8-14-12(9-10)11-5-3-1-2-4-6-13(11)18-14/h7-9H,1-6H2. The molecular weight excluding hydrogens is 230 g/mol. The number of nitrogens with zero attached hydrogens (tertiary/aromatic N) is 1. The molecule has 3 rings (SSSR count). The van der Waals surface area contributed by atoms with Crippen molar-refractivity contribution in [3.8, 4) is 0 Å². The van der Waals surface area contributed by atoms with Gasteiger partial charge in [0, 0.05) is 29.5 Å². The van der Waals surface area contributed by atoms with E-state index in [-0.39, 0.29) is 10.6 Å². The van der Waals surface area contributed by atoms with Crippen LogP contribution in [0.3, 0.4) is 0 Å². The molecule has 18 heavy (non-hydrogen) atoms. The van der Waals surface area contributed by atoms with Gasteiger partial charge in [0.1, 0.15) is 11.3 Å². The summed E-state index contributed by atoms with van der Waals surface area (Å²) < 4.78 is 5.84. The van der Waals surface area contributed by atoms with Crippen molar-refractivity contribution in [2.24, 2.45) is 0 Å². The van der Waals surface area contributed by atoms with E-state index >= 15 is 0 Å². The second-order valence-electron chi connectivity index (χ2n) is 4.86. The molecule has 0 saturated carbocycles. The van der Waals surface area contributed by atoms with E-state index in [1.54, 1.807) is 12.1 Å². The molecule has 0 aliphatic heterocycles. The van der Waals surface area contributed by atoms with Gasteiger partial charge in [-0.05, 0) is 25.3 Å². The van der Waals surface area contributed by atoms with Gasteiger partial charge in [0.15, 0.2) is 0 Å². The largest absolute Gasteiger partial charge is 0.461 e. The molecule has 4 heteroatoms. The highest BCUT2D eigenvalue weighted by atomic mass is 16.6. The number of hydrogen-bond acceptors (Lipinski definition) is 3. The molecule has 2 aromatic rings. The Labute approximate surface area is 105 Å². The molecule has 1 aromatic carbocycles.